The van der Waals surface area contributed by atoms with Gasteiger partial charge >= 0.3 is 0 Å². The van der Waals surface area contributed by atoms with Crippen molar-refractivity contribution in [2.75, 3.05) is 18.5 Å². The smallest absolute Gasteiger partial charge is 0.119 e. The number of rotatable bonds is 20. The van der Waals surface area contributed by atoms with Crippen molar-refractivity contribution in [1.82, 2.24) is 0 Å². The van der Waals surface area contributed by atoms with Gasteiger partial charge in [-0.2, -0.15) is 0 Å². The third kappa shape index (κ3) is 13.3. The van der Waals surface area contributed by atoms with Crippen molar-refractivity contribution < 1.29 is 9.84 Å². The second kappa shape index (κ2) is 18.4. The monoisotopic (exact) mass is 453 g/mol. The second-order valence-electron chi connectivity index (χ2n) is 9.27. The molecule has 0 spiro atoms. The standard InChI is InChI=1S/C30H47NO2/c1-2-3-4-5-6-7-8-9-10-11-12-13-24-33-30-21-19-27(20-22-30)17-15-23-31-29-18-14-16-28(25-29)26-32/h14,16,18-22,25,31-32H,2-13,15,17,23-24,26H2,1H3. The number of nitrogens with one attached hydrogen (secondary N) is 1. The minimum atomic E-state index is 0.0866. The fraction of sp³-hybridized carbons (Fsp3) is 0.600. The first-order valence-corrected chi connectivity index (χ1v) is 13.5. The van der Waals surface area contributed by atoms with E-state index in [1.165, 1.54) is 76.2 Å². The number of unbranched alkanes of at least 4 members (excludes halogenated alkanes) is 11. The van der Waals surface area contributed by atoms with Crippen molar-refractivity contribution in [1.29, 1.82) is 0 Å². The predicted molar refractivity (Wildman–Crippen MR) is 142 cm³/mol. The molecule has 2 rings (SSSR count). The highest BCUT2D eigenvalue weighted by molar-refractivity contribution is 5.45. The van der Waals surface area contributed by atoms with Crippen LogP contribution in [0.5, 0.6) is 5.75 Å². The molecule has 3 nitrogen and oxygen atoms in total. The van der Waals surface area contributed by atoms with E-state index in [0.717, 1.165) is 49.4 Å². The Balaban J connectivity index is 1.43. The van der Waals surface area contributed by atoms with Crippen LogP contribution in [0.1, 0.15) is 102 Å². The number of ether oxygens (including phenoxy) is 1. The van der Waals surface area contributed by atoms with Gasteiger partial charge in [0.1, 0.15) is 5.75 Å². The maximum Gasteiger partial charge on any atom is 0.119 e. The van der Waals surface area contributed by atoms with Crippen LogP contribution in [0.15, 0.2) is 48.5 Å². The summed E-state index contributed by atoms with van der Waals surface area (Å²) in [5, 5.41) is 12.7. The number of aliphatic hydroxyl groups excluding tert-OH is 1. The molecule has 0 fully saturated rings. The lowest BCUT2D eigenvalue weighted by Gasteiger charge is -2.09. The SMILES string of the molecule is CCCCCCCCCCCCCCOc1ccc(CCCNc2cccc(CO)c2)cc1. The Morgan fingerprint density at radius 1 is 0.697 bits per heavy atom. The Labute approximate surface area is 203 Å². The van der Waals surface area contributed by atoms with Crippen LogP contribution in [0, 0.1) is 0 Å². The zero-order valence-electron chi connectivity index (χ0n) is 21.0. The molecular formula is C30H47NO2. The van der Waals surface area contributed by atoms with Crippen molar-refractivity contribution in [3.05, 3.63) is 59.7 Å². The summed E-state index contributed by atoms with van der Waals surface area (Å²) in [5.74, 6) is 0.987. The van der Waals surface area contributed by atoms with Gasteiger partial charge in [0.15, 0.2) is 0 Å². The van der Waals surface area contributed by atoms with Gasteiger partial charge in [0.05, 0.1) is 13.2 Å². The molecule has 0 amide bonds. The van der Waals surface area contributed by atoms with Gasteiger partial charge in [-0.05, 0) is 54.7 Å². The van der Waals surface area contributed by atoms with Crippen LogP contribution in [-0.4, -0.2) is 18.3 Å². The van der Waals surface area contributed by atoms with Crippen molar-refractivity contribution in [3.63, 3.8) is 0 Å². The average Bonchev–Trinajstić information content (AvgIpc) is 2.85. The molecule has 0 saturated heterocycles. The summed E-state index contributed by atoms with van der Waals surface area (Å²) in [7, 11) is 0. The minimum absolute atomic E-state index is 0.0866. The van der Waals surface area contributed by atoms with E-state index in [2.05, 4.69) is 36.5 Å². The molecule has 33 heavy (non-hydrogen) atoms. The number of benzene rings is 2. The highest BCUT2D eigenvalue weighted by atomic mass is 16.5. The lowest BCUT2D eigenvalue weighted by molar-refractivity contribution is 0.282. The van der Waals surface area contributed by atoms with E-state index in [0.29, 0.717) is 0 Å². The first-order chi connectivity index (χ1) is 16.3. The van der Waals surface area contributed by atoms with Crippen molar-refractivity contribution >= 4 is 5.69 Å². The number of anilines is 1. The van der Waals surface area contributed by atoms with Gasteiger partial charge in [-0.1, -0.05) is 102 Å². The molecule has 0 aromatic heterocycles. The second-order valence-corrected chi connectivity index (χ2v) is 9.27. The van der Waals surface area contributed by atoms with E-state index in [-0.39, 0.29) is 6.61 Å². The Morgan fingerprint density at radius 3 is 1.97 bits per heavy atom. The maximum atomic E-state index is 9.22. The molecule has 0 bridgehead atoms. The summed E-state index contributed by atoms with van der Waals surface area (Å²) in [5.41, 5.74) is 3.36. The zero-order chi connectivity index (χ0) is 23.4. The molecule has 0 heterocycles. The Hall–Kier alpha value is -2.00. The number of hydrogen-bond donors (Lipinski definition) is 2. The van der Waals surface area contributed by atoms with Crippen molar-refractivity contribution in [3.8, 4) is 5.75 Å². The van der Waals surface area contributed by atoms with Crippen LogP contribution in [-0.2, 0) is 13.0 Å². The fourth-order valence-electron chi connectivity index (χ4n) is 4.19. The van der Waals surface area contributed by atoms with Crippen molar-refractivity contribution in [2.24, 2.45) is 0 Å². The van der Waals surface area contributed by atoms with Crippen LogP contribution < -0.4 is 10.1 Å². The van der Waals surface area contributed by atoms with E-state index >= 15 is 0 Å². The molecule has 2 N–H and O–H groups in total. The Kier molecular flexibility index (Phi) is 15.2. The third-order valence-corrected chi connectivity index (χ3v) is 6.27. The lowest BCUT2D eigenvalue weighted by atomic mass is 10.1. The summed E-state index contributed by atoms with van der Waals surface area (Å²) in [6.45, 7) is 4.12. The molecule has 2 aromatic carbocycles. The van der Waals surface area contributed by atoms with Gasteiger partial charge in [0.2, 0.25) is 0 Å². The molecule has 0 radical (unpaired) electrons. The summed E-state index contributed by atoms with van der Waals surface area (Å²) in [6, 6.07) is 16.5. The molecule has 0 atom stereocenters. The molecule has 2 aromatic rings. The number of aliphatic hydroxyl groups is 1. The summed E-state index contributed by atoms with van der Waals surface area (Å²) in [4.78, 5) is 0. The largest absolute Gasteiger partial charge is 0.494 e. The zero-order valence-corrected chi connectivity index (χ0v) is 21.0. The highest BCUT2D eigenvalue weighted by Gasteiger charge is 1.99. The van der Waals surface area contributed by atoms with Gasteiger partial charge in [0.25, 0.3) is 0 Å². The minimum Gasteiger partial charge on any atom is -0.494 e. The van der Waals surface area contributed by atoms with Crippen LogP contribution in [0.2, 0.25) is 0 Å². The van der Waals surface area contributed by atoms with E-state index < -0.39 is 0 Å². The van der Waals surface area contributed by atoms with Crippen LogP contribution in [0.4, 0.5) is 5.69 Å². The third-order valence-electron chi connectivity index (χ3n) is 6.27. The predicted octanol–water partition coefficient (Wildman–Crippen LogP) is 8.30. The van der Waals surface area contributed by atoms with E-state index in [4.69, 9.17) is 4.74 Å². The molecule has 0 saturated carbocycles. The van der Waals surface area contributed by atoms with Crippen LogP contribution in [0.25, 0.3) is 0 Å². The van der Waals surface area contributed by atoms with Gasteiger partial charge < -0.3 is 15.2 Å². The summed E-state index contributed by atoms with van der Waals surface area (Å²) in [6.07, 6.45) is 18.6. The van der Waals surface area contributed by atoms with E-state index in [1.807, 2.05) is 24.3 Å². The van der Waals surface area contributed by atoms with Crippen LogP contribution >= 0.6 is 0 Å². The Bertz CT molecular complexity index is 713. The van der Waals surface area contributed by atoms with Gasteiger partial charge in [-0.3, -0.25) is 0 Å². The molecule has 0 aliphatic rings. The van der Waals surface area contributed by atoms with Crippen LogP contribution in [0.3, 0.4) is 0 Å². The summed E-state index contributed by atoms with van der Waals surface area (Å²) < 4.78 is 5.93. The van der Waals surface area contributed by atoms with Gasteiger partial charge in [0, 0.05) is 12.2 Å². The molecule has 184 valence electrons. The molecule has 0 aliphatic carbocycles. The van der Waals surface area contributed by atoms with E-state index in [1.54, 1.807) is 0 Å². The quantitative estimate of drug-likeness (QED) is 0.198. The topological polar surface area (TPSA) is 41.5 Å². The van der Waals surface area contributed by atoms with Gasteiger partial charge in [-0.25, -0.2) is 0 Å². The number of hydrogen-bond acceptors (Lipinski definition) is 3. The van der Waals surface area contributed by atoms with Gasteiger partial charge in [-0.15, -0.1) is 0 Å². The molecule has 3 heteroatoms. The normalized spacial score (nSPS) is 11.0. The first kappa shape index (κ1) is 27.2. The number of aryl methyl sites for hydroxylation is 1. The molecule has 0 aliphatic heterocycles. The summed E-state index contributed by atoms with van der Waals surface area (Å²) >= 11 is 0. The van der Waals surface area contributed by atoms with Crippen molar-refractivity contribution in [2.45, 2.75) is 103 Å². The molecule has 0 unspecified atom stereocenters. The average molecular weight is 454 g/mol. The first-order valence-electron chi connectivity index (χ1n) is 13.5. The van der Waals surface area contributed by atoms with E-state index in [9.17, 15) is 5.11 Å². The highest BCUT2D eigenvalue weighted by Crippen LogP contribution is 2.16. The Morgan fingerprint density at radius 2 is 1.33 bits per heavy atom. The fourth-order valence-corrected chi connectivity index (χ4v) is 4.19. The molecular weight excluding hydrogens is 406 g/mol. The maximum absolute atomic E-state index is 9.22. The lowest BCUT2D eigenvalue weighted by Crippen LogP contribution is -2.03.